The Bertz CT molecular complexity index is 567. The van der Waals surface area contributed by atoms with Crippen molar-refractivity contribution in [3.8, 4) is 0 Å². The minimum atomic E-state index is -2.47. The Morgan fingerprint density at radius 3 is 2.30 bits per heavy atom. The zero-order valence-corrected chi connectivity index (χ0v) is 11.1. The van der Waals surface area contributed by atoms with Gasteiger partial charge in [-0.05, 0) is 17.7 Å². The van der Waals surface area contributed by atoms with Gasteiger partial charge in [0.1, 0.15) is 12.8 Å². The Kier molecular flexibility index (Phi) is 5.07. The Hall–Kier alpha value is -1.94. The molecule has 20 heavy (non-hydrogen) atoms. The van der Waals surface area contributed by atoms with Crippen LogP contribution < -0.4 is 0 Å². The number of halogens is 3. The lowest BCUT2D eigenvalue weighted by molar-refractivity contribution is 0.132. The number of benzene rings is 2. The van der Waals surface area contributed by atoms with Gasteiger partial charge in [0.15, 0.2) is 0 Å². The van der Waals surface area contributed by atoms with E-state index in [4.69, 9.17) is 16.4 Å². The van der Waals surface area contributed by atoms with Gasteiger partial charge in [-0.3, -0.25) is 0 Å². The van der Waals surface area contributed by atoms with Crippen molar-refractivity contribution in [2.45, 2.75) is 13.0 Å². The summed E-state index contributed by atoms with van der Waals surface area (Å²) >= 11 is 5.76. The fourth-order valence-corrected chi connectivity index (χ4v) is 1.60. The molecule has 0 atom stereocenters. The van der Waals surface area contributed by atoms with Crippen LogP contribution in [0.15, 0.2) is 53.7 Å². The second-order valence-electron chi connectivity index (χ2n) is 4.03. The Morgan fingerprint density at radius 2 is 1.70 bits per heavy atom. The molecular weight excluding hydrogens is 284 g/mol. The van der Waals surface area contributed by atoms with Gasteiger partial charge in [0.2, 0.25) is 0 Å². The van der Waals surface area contributed by atoms with E-state index in [0.717, 1.165) is 5.56 Å². The van der Waals surface area contributed by atoms with Crippen molar-refractivity contribution in [2.75, 3.05) is 0 Å². The predicted molar refractivity (Wildman–Crippen MR) is 74.2 cm³/mol. The topological polar surface area (TPSA) is 21.6 Å². The summed E-state index contributed by atoms with van der Waals surface area (Å²) in [6, 6.07) is 12.9. The van der Waals surface area contributed by atoms with Crippen LogP contribution in [0.4, 0.5) is 8.78 Å². The summed E-state index contributed by atoms with van der Waals surface area (Å²) in [5, 5.41) is 4.32. The molecule has 2 nitrogen and oxygen atoms in total. The smallest absolute Gasteiger partial charge is 0.263 e. The van der Waals surface area contributed by atoms with Crippen molar-refractivity contribution in [3.63, 3.8) is 0 Å². The molecule has 103 valence electrons. The van der Waals surface area contributed by atoms with Crippen LogP contribution in [0.1, 0.15) is 23.1 Å². The molecule has 1 radical (unpaired) electrons. The van der Waals surface area contributed by atoms with E-state index in [0.29, 0.717) is 17.2 Å². The van der Waals surface area contributed by atoms with E-state index < -0.39 is 6.43 Å². The van der Waals surface area contributed by atoms with E-state index in [9.17, 15) is 8.78 Å². The van der Waals surface area contributed by atoms with E-state index in [1.54, 1.807) is 12.1 Å². The molecule has 0 fully saturated rings. The zero-order valence-electron chi connectivity index (χ0n) is 10.4. The van der Waals surface area contributed by atoms with Gasteiger partial charge >= 0.3 is 0 Å². The first-order chi connectivity index (χ1) is 9.65. The molecule has 0 spiro atoms. The van der Waals surface area contributed by atoms with Crippen molar-refractivity contribution in [3.05, 3.63) is 70.2 Å². The molecule has 2 aromatic rings. The third-order valence-corrected chi connectivity index (χ3v) is 2.80. The first kappa shape index (κ1) is 14.5. The highest BCUT2D eigenvalue weighted by Gasteiger charge is 2.05. The molecule has 0 aliphatic rings. The summed E-state index contributed by atoms with van der Waals surface area (Å²) in [6.45, 7) is 0.291. The van der Waals surface area contributed by atoms with Crippen molar-refractivity contribution in [1.82, 2.24) is 0 Å². The number of alkyl halides is 2. The van der Waals surface area contributed by atoms with Crippen LogP contribution in [-0.4, -0.2) is 6.21 Å². The molecule has 0 heterocycles. The van der Waals surface area contributed by atoms with E-state index in [-0.39, 0.29) is 5.56 Å². The molecule has 0 bridgehead atoms. The van der Waals surface area contributed by atoms with Gasteiger partial charge in [0.05, 0.1) is 0 Å². The fraction of sp³-hybridized carbons (Fsp3) is 0.133. The van der Waals surface area contributed by atoms with Gasteiger partial charge in [-0.15, -0.1) is 0 Å². The molecule has 0 aliphatic carbocycles. The largest absolute Gasteiger partial charge is 0.390 e. The van der Waals surface area contributed by atoms with Gasteiger partial charge in [0.25, 0.3) is 6.43 Å². The van der Waals surface area contributed by atoms with Crippen molar-refractivity contribution >= 4 is 17.8 Å². The third-order valence-electron chi connectivity index (χ3n) is 2.55. The Morgan fingerprint density at radius 1 is 1.05 bits per heavy atom. The first-order valence-corrected chi connectivity index (χ1v) is 6.23. The lowest BCUT2D eigenvalue weighted by Gasteiger charge is -2.00. The van der Waals surface area contributed by atoms with Gasteiger partial charge in [-0.2, -0.15) is 0 Å². The molecule has 0 saturated heterocycles. The summed E-state index contributed by atoms with van der Waals surface area (Å²) in [6.07, 6.45) is 0.154. The third kappa shape index (κ3) is 4.31. The zero-order chi connectivity index (χ0) is 14.4. The van der Waals surface area contributed by atoms with Gasteiger partial charge in [-0.1, -0.05) is 53.2 Å². The predicted octanol–water partition coefficient (Wildman–Crippen LogP) is 4.71. The lowest BCUT2D eigenvalue weighted by Crippen LogP contribution is -1.89. The highest BCUT2D eigenvalue weighted by molar-refractivity contribution is 6.30. The van der Waals surface area contributed by atoms with Gasteiger partial charge < -0.3 is 4.84 Å². The maximum atomic E-state index is 12.3. The minimum absolute atomic E-state index is 0.0300. The molecule has 5 heteroatoms. The van der Waals surface area contributed by atoms with Crippen molar-refractivity contribution < 1.29 is 13.6 Å². The van der Waals surface area contributed by atoms with Crippen LogP contribution in [0, 0.1) is 0 Å². The number of nitrogens with zero attached hydrogens (tertiary/aromatic N) is 1. The maximum absolute atomic E-state index is 12.3. The van der Waals surface area contributed by atoms with Crippen molar-refractivity contribution in [2.24, 2.45) is 5.16 Å². The highest BCUT2D eigenvalue weighted by atomic mass is 35.5. The Balaban J connectivity index is 1.85. The van der Waals surface area contributed by atoms with Crippen molar-refractivity contribution in [1.29, 1.82) is 0 Å². The molecule has 0 N–H and O–H groups in total. The van der Waals surface area contributed by atoms with E-state index in [2.05, 4.69) is 11.4 Å². The summed E-state index contributed by atoms with van der Waals surface area (Å²) in [7, 11) is 0. The van der Waals surface area contributed by atoms with Crippen LogP contribution in [-0.2, 0) is 11.4 Å². The number of hydrogen-bond donors (Lipinski definition) is 0. The van der Waals surface area contributed by atoms with Crippen LogP contribution in [0.2, 0.25) is 5.02 Å². The molecule has 0 amide bonds. The quantitative estimate of drug-likeness (QED) is 0.578. The monoisotopic (exact) mass is 294 g/mol. The second-order valence-corrected chi connectivity index (χ2v) is 4.46. The highest BCUT2D eigenvalue weighted by Crippen LogP contribution is 2.18. The van der Waals surface area contributed by atoms with Crippen LogP contribution in [0.5, 0.6) is 0 Å². The molecule has 2 rings (SSSR count). The van der Waals surface area contributed by atoms with E-state index >= 15 is 0 Å². The fourth-order valence-electron chi connectivity index (χ4n) is 1.48. The average Bonchev–Trinajstić information content (AvgIpc) is 2.46. The Labute approximate surface area is 120 Å². The number of rotatable bonds is 5. The molecular formula is C15H11ClF2NO. The number of hydrogen-bond acceptors (Lipinski definition) is 2. The standard InChI is InChI=1S/C15H11ClF2NO/c16-14-7-3-12(4-8-14)10-20-19-9-11-1-5-13(6-2-11)15(17)18/h1-8,15H,10H2. The summed E-state index contributed by atoms with van der Waals surface area (Å²) in [5.74, 6) is 0. The van der Waals surface area contributed by atoms with E-state index in [1.165, 1.54) is 24.3 Å². The molecule has 0 saturated carbocycles. The molecule has 0 aliphatic heterocycles. The minimum Gasteiger partial charge on any atom is -0.390 e. The van der Waals surface area contributed by atoms with Crippen LogP contribution >= 0.6 is 11.6 Å². The summed E-state index contributed by atoms with van der Waals surface area (Å²) < 4.78 is 24.7. The lowest BCUT2D eigenvalue weighted by atomic mass is 10.1. The molecule has 0 unspecified atom stereocenters. The normalized spacial score (nSPS) is 11.2. The van der Waals surface area contributed by atoms with Crippen LogP contribution in [0.3, 0.4) is 0 Å². The van der Waals surface area contributed by atoms with Crippen LogP contribution in [0.25, 0.3) is 0 Å². The SMILES string of the molecule is FC(F)c1ccc(/[C]=N\OCc2ccc(Cl)cc2)cc1. The van der Waals surface area contributed by atoms with E-state index in [1.807, 2.05) is 12.1 Å². The molecule has 2 aromatic carbocycles. The first-order valence-electron chi connectivity index (χ1n) is 5.86. The molecule has 0 aromatic heterocycles. The maximum Gasteiger partial charge on any atom is 0.263 e. The average molecular weight is 295 g/mol. The van der Waals surface area contributed by atoms with Gasteiger partial charge in [-0.25, -0.2) is 8.78 Å². The summed E-state index contributed by atoms with van der Waals surface area (Å²) in [5.41, 5.74) is 1.47. The summed E-state index contributed by atoms with van der Waals surface area (Å²) in [4.78, 5) is 5.06. The van der Waals surface area contributed by atoms with Gasteiger partial charge in [0, 0.05) is 16.1 Å². The second kappa shape index (κ2) is 7.01.